The molecule has 5 rings (SSSR count). The van der Waals surface area contributed by atoms with Gasteiger partial charge >= 0.3 is 17.9 Å². The molecule has 2 atom stereocenters. The Kier molecular flexibility index (Phi) is 16.8. The molecule has 2 heterocycles. The SMILES string of the molecule is CCC(=O)N(c1ccccc1)C1(C(=O)OC)CCN(CCC(=O)OC)CC1.CCC(=O)N(c1ccccc1)[C@@]1(C(=O)OC)CCN(CCc2ccccc2)C[C@H]1C. The summed E-state index contributed by atoms with van der Waals surface area (Å²) in [6.45, 7) is 9.84. The smallest absolute Gasteiger partial charge is 0.332 e. The van der Waals surface area contributed by atoms with Crippen LogP contribution in [-0.4, -0.2) is 111 Å². The number of likely N-dealkylation sites (tertiary alicyclic amines) is 2. The third-order valence-corrected chi connectivity index (χ3v) is 11.3. The van der Waals surface area contributed by atoms with Gasteiger partial charge in [-0.3, -0.25) is 24.2 Å². The third kappa shape index (κ3) is 10.7. The van der Waals surface area contributed by atoms with E-state index in [0.717, 1.165) is 31.7 Å². The van der Waals surface area contributed by atoms with Gasteiger partial charge in [0.1, 0.15) is 11.1 Å². The lowest BCUT2D eigenvalue weighted by Gasteiger charge is -2.50. The standard InChI is InChI=1S/C25H32N2O3.C20H28N2O5/c1-4-23(28)27(22-13-9-6-10-14-22)25(24(29)30-3)16-18-26(19-20(25)2)17-15-21-11-7-5-8-12-21;1-4-17(23)22(16-8-6-5-7-9-16)20(19(25)27-3)11-14-21(15-12-20)13-10-18(24)26-2/h5-14,20H,4,15-19H2,1-3H3;5-9H,4,10-15H2,1-3H3/t20-,25+;/m1./s1. The van der Waals surface area contributed by atoms with E-state index >= 15 is 0 Å². The summed E-state index contributed by atoms with van der Waals surface area (Å²) in [5.74, 6) is -1.23. The highest BCUT2D eigenvalue weighted by atomic mass is 16.5. The second-order valence-corrected chi connectivity index (χ2v) is 14.6. The molecule has 0 bridgehead atoms. The Morgan fingerprint density at radius 3 is 1.61 bits per heavy atom. The van der Waals surface area contributed by atoms with Crippen LogP contribution in [0.2, 0.25) is 0 Å². The molecule has 0 aromatic heterocycles. The Bertz CT molecular complexity index is 1750. The molecule has 0 aliphatic carbocycles. The first-order valence-corrected chi connectivity index (χ1v) is 20.0. The quantitative estimate of drug-likeness (QED) is 0.144. The number of esters is 3. The monoisotopic (exact) mass is 784 g/mol. The molecule has 0 unspecified atom stereocenters. The molecule has 0 spiro atoms. The molecule has 2 amide bonds. The third-order valence-electron chi connectivity index (χ3n) is 11.3. The van der Waals surface area contributed by atoms with Crippen LogP contribution in [0.3, 0.4) is 0 Å². The van der Waals surface area contributed by atoms with E-state index in [0.29, 0.717) is 63.8 Å². The number of para-hydroxylation sites is 2. The Hall–Kier alpha value is -5.07. The van der Waals surface area contributed by atoms with Gasteiger partial charge in [-0.05, 0) is 55.5 Å². The van der Waals surface area contributed by atoms with Crippen molar-refractivity contribution < 1.29 is 38.2 Å². The maximum absolute atomic E-state index is 13.2. The van der Waals surface area contributed by atoms with E-state index in [2.05, 4.69) is 45.7 Å². The van der Waals surface area contributed by atoms with Crippen LogP contribution in [0.25, 0.3) is 0 Å². The summed E-state index contributed by atoms with van der Waals surface area (Å²) in [5.41, 5.74) is 0.719. The summed E-state index contributed by atoms with van der Waals surface area (Å²) in [6, 6.07) is 29.2. The summed E-state index contributed by atoms with van der Waals surface area (Å²) in [5, 5.41) is 0. The van der Waals surface area contributed by atoms with E-state index < -0.39 is 17.0 Å². The van der Waals surface area contributed by atoms with Crippen LogP contribution < -0.4 is 9.80 Å². The average Bonchev–Trinajstić information content (AvgIpc) is 3.26. The number of piperidine rings is 2. The lowest BCUT2D eigenvalue weighted by molar-refractivity contribution is -0.153. The van der Waals surface area contributed by atoms with Gasteiger partial charge in [0.25, 0.3) is 0 Å². The van der Waals surface area contributed by atoms with Crippen molar-refractivity contribution in [3.8, 4) is 0 Å². The molecular weight excluding hydrogens is 725 g/mol. The van der Waals surface area contributed by atoms with Crippen molar-refractivity contribution >= 4 is 41.1 Å². The fourth-order valence-electron chi connectivity index (χ4n) is 8.15. The Labute approximate surface area is 338 Å². The first-order chi connectivity index (χ1) is 27.5. The van der Waals surface area contributed by atoms with Gasteiger partial charge in [-0.25, -0.2) is 9.59 Å². The molecule has 3 aromatic rings. The van der Waals surface area contributed by atoms with Gasteiger partial charge in [-0.15, -0.1) is 0 Å². The van der Waals surface area contributed by atoms with E-state index in [1.54, 1.807) is 16.7 Å². The molecule has 308 valence electrons. The molecule has 2 aliphatic heterocycles. The van der Waals surface area contributed by atoms with E-state index in [-0.39, 0.29) is 29.7 Å². The molecule has 2 saturated heterocycles. The van der Waals surface area contributed by atoms with Gasteiger partial charge in [-0.2, -0.15) is 0 Å². The fourth-order valence-corrected chi connectivity index (χ4v) is 8.15. The molecule has 0 radical (unpaired) electrons. The van der Waals surface area contributed by atoms with Crippen LogP contribution in [0.1, 0.15) is 64.9 Å². The molecular formula is C45H60N4O8. The molecule has 12 nitrogen and oxygen atoms in total. The molecule has 2 aliphatic rings. The van der Waals surface area contributed by atoms with E-state index in [9.17, 15) is 24.0 Å². The van der Waals surface area contributed by atoms with Gasteiger partial charge in [0, 0.05) is 69.4 Å². The van der Waals surface area contributed by atoms with Crippen molar-refractivity contribution in [2.45, 2.75) is 76.8 Å². The number of benzene rings is 3. The normalized spacial score (nSPS) is 19.2. The molecule has 3 aromatic carbocycles. The number of nitrogens with zero attached hydrogens (tertiary/aromatic N) is 4. The van der Waals surface area contributed by atoms with E-state index in [4.69, 9.17) is 9.47 Å². The minimum Gasteiger partial charge on any atom is -0.469 e. The number of anilines is 2. The van der Waals surface area contributed by atoms with Crippen LogP contribution >= 0.6 is 0 Å². The number of rotatable bonds is 14. The Morgan fingerprint density at radius 2 is 1.12 bits per heavy atom. The average molecular weight is 785 g/mol. The van der Waals surface area contributed by atoms with E-state index in [1.807, 2.05) is 73.7 Å². The fraction of sp³-hybridized carbons (Fsp3) is 0.489. The summed E-state index contributed by atoms with van der Waals surface area (Å²) >= 11 is 0. The number of carbonyl (C=O) groups excluding carboxylic acids is 5. The second-order valence-electron chi connectivity index (χ2n) is 14.6. The Morgan fingerprint density at radius 1 is 0.632 bits per heavy atom. The summed E-state index contributed by atoms with van der Waals surface area (Å²) in [4.78, 5) is 71.1. The summed E-state index contributed by atoms with van der Waals surface area (Å²) < 4.78 is 15.1. The minimum atomic E-state index is -1.04. The largest absolute Gasteiger partial charge is 0.469 e. The zero-order valence-corrected chi connectivity index (χ0v) is 34.5. The van der Waals surface area contributed by atoms with Crippen molar-refractivity contribution in [2.24, 2.45) is 5.92 Å². The topological polar surface area (TPSA) is 126 Å². The number of hydrogen-bond donors (Lipinski definition) is 0. The van der Waals surface area contributed by atoms with Gasteiger partial charge in [0.05, 0.1) is 27.8 Å². The first kappa shape index (κ1) is 44.6. The second kappa shape index (κ2) is 21.5. The maximum Gasteiger partial charge on any atom is 0.332 e. The minimum absolute atomic E-state index is 0.0591. The molecule has 0 N–H and O–H groups in total. The zero-order valence-electron chi connectivity index (χ0n) is 34.5. The van der Waals surface area contributed by atoms with Crippen LogP contribution in [0, 0.1) is 5.92 Å². The van der Waals surface area contributed by atoms with Gasteiger partial charge in [-0.1, -0.05) is 87.5 Å². The predicted molar refractivity (Wildman–Crippen MR) is 221 cm³/mol. The van der Waals surface area contributed by atoms with Crippen LogP contribution in [0.15, 0.2) is 91.0 Å². The molecule has 57 heavy (non-hydrogen) atoms. The Balaban J connectivity index is 0.000000254. The van der Waals surface area contributed by atoms with Gasteiger partial charge in [0.15, 0.2) is 0 Å². The van der Waals surface area contributed by atoms with Crippen molar-refractivity contribution in [3.05, 3.63) is 96.6 Å². The lowest BCUT2D eigenvalue weighted by atomic mass is 9.76. The van der Waals surface area contributed by atoms with Crippen LogP contribution in [0.4, 0.5) is 11.4 Å². The van der Waals surface area contributed by atoms with Crippen molar-refractivity contribution in [1.29, 1.82) is 0 Å². The van der Waals surface area contributed by atoms with Crippen molar-refractivity contribution in [1.82, 2.24) is 9.80 Å². The lowest BCUT2D eigenvalue weighted by Crippen LogP contribution is -2.67. The first-order valence-electron chi connectivity index (χ1n) is 20.0. The highest BCUT2D eigenvalue weighted by molar-refractivity contribution is 6.03. The zero-order chi connectivity index (χ0) is 41.4. The summed E-state index contributed by atoms with van der Waals surface area (Å²) in [6.07, 6.45) is 3.34. The highest BCUT2D eigenvalue weighted by Crippen LogP contribution is 2.39. The van der Waals surface area contributed by atoms with Crippen molar-refractivity contribution in [3.63, 3.8) is 0 Å². The van der Waals surface area contributed by atoms with Crippen LogP contribution in [-0.2, 0) is 44.6 Å². The molecule has 2 fully saturated rings. The van der Waals surface area contributed by atoms with Gasteiger partial charge in [0.2, 0.25) is 11.8 Å². The number of carbonyl (C=O) groups is 5. The van der Waals surface area contributed by atoms with Crippen LogP contribution in [0.5, 0.6) is 0 Å². The molecule has 12 heteroatoms. The predicted octanol–water partition coefficient (Wildman–Crippen LogP) is 5.93. The number of hydrogen-bond acceptors (Lipinski definition) is 10. The number of ether oxygens (including phenoxy) is 3. The summed E-state index contributed by atoms with van der Waals surface area (Å²) in [7, 11) is 4.14. The number of amides is 2. The number of methoxy groups -OCH3 is 3. The van der Waals surface area contributed by atoms with E-state index in [1.165, 1.54) is 26.9 Å². The van der Waals surface area contributed by atoms with Gasteiger partial charge < -0.3 is 24.0 Å². The maximum atomic E-state index is 13.2. The molecule has 0 saturated carbocycles. The van der Waals surface area contributed by atoms with Crippen molar-refractivity contribution in [2.75, 3.05) is 70.4 Å². The highest BCUT2D eigenvalue weighted by Gasteiger charge is 2.54.